The van der Waals surface area contributed by atoms with E-state index in [2.05, 4.69) is 16.3 Å². The minimum Gasteiger partial charge on any atom is -0.493 e. The highest BCUT2D eigenvalue weighted by molar-refractivity contribution is 5.94. The van der Waals surface area contributed by atoms with Crippen molar-refractivity contribution < 1.29 is 14.3 Å². The molecule has 1 aromatic heterocycles. The number of aromatic nitrogens is 2. The molecule has 3 aliphatic heterocycles. The van der Waals surface area contributed by atoms with E-state index in [1.54, 1.807) is 14.2 Å². The molecular formula is C28H34N4O3. The fourth-order valence-electron chi connectivity index (χ4n) is 5.67. The standard InChI is InChI=1S/C28H34N4O3/c1-18-5-7-19(8-6-18)28(33)29-16-22-13-20-11-12-32(22)17-23(20)25-15-24(30-31(25)2)21-9-10-26(34-3)27(14-21)35-4/h5-10,14-15,20,22-23H,11-13,16-17H2,1-4H3,(H,29,33)/t20-,22-,23+/m1/s1. The Hall–Kier alpha value is -3.32. The van der Waals surface area contributed by atoms with Gasteiger partial charge in [0.15, 0.2) is 11.5 Å². The molecule has 0 spiro atoms. The van der Waals surface area contributed by atoms with Crippen molar-refractivity contribution in [3.8, 4) is 22.8 Å². The van der Waals surface area contributed by atoms with E-state index in [-0.39, 0.29) is 5.91 Å². The Morgan fingerprint density at radius 1 is 1.09 bits per heavy atom. The molecule has 0 aliphatic carbocycles. The van der Waals surface area contributed by atoms with Gasteiger partial charge in [0.25, 0.3) is 5.91 Å². The maximum atomic E-state index is 12.6. The lowest BCUT2D eigenvalue weighted by molar-refractivity contribution is 0.0280. The van der Waals surface area contributed by atoms with E-state index in [1.807, 2.05) is 61.1 Å². The Balaban J connectivity index is 1.26. The highest BCUT2D eigenvalue weighted by atomic mass is 16.5. The molecule has 6 rings (SSSR count). The number of fused-ring (bicyclic) bond motifs is 3. The number of carbonyl (C=O) groups is 1. The highest BCUT2D eigenvalue weighted by Crippen LogP contribution is 2.42. The summed E-state index contributed by atoms with van der Waals surface area (Å²) in [6.07, 6.45) is 2.28. The van der Waals surface area contributed by atoms with Crippen molar-refractivity contribution in [2.75, 3.05) is 33.9 Å². The molecule has 1 amide bonds. The maximum Gasteiger partial charge on any atom is 0.251 e. The van der Waals surface area contributed by atoms with Gasteiger partial charge in [0.1, 0.15) is 0 Å². The second-order valence-electron chi connectivity index (χ2n) is 9.76. The minimum atomic E-state index is 0.00962. The van der Waals surface area contributed by atoms with E-state index in [9.17, 15) is 4.79 Å². The summed E-state index contributed by atoms with van der Waals surface area (Å²) in [6, 6.07) is 16.3. The van der Waals surface area contributed by atoms with Crippen LogP contribution in [0.4, 0.5) is 0 Å². The predicted molar refractivity (Wildman–Crippen MR) is 136 cm³/mol. The van der Waals surface area contributed by atoms with E-state index < -0.39 is 0 Å². The molecule has 7 heteroatoms. The maximum absolute atomic E-state index is 12.6. The molecule has 7 nitrogen and oxygen atoms in total. The average Bonchev–Trinajstić information content (AvgIpc) is 3.28. The zero-order valence-corrected chi connectivity index (χ0v) is 21.0. The van der Waals surface area contributed by atoms with Crippen molar-refractivity contribution >= 4 is 5.91 Å². The monoisotopic (exact) mass is 474 g/mol. The van der Waals surface area contributed by atoms with Crippen LogP contribution >= 0.6 is 0 Å². The molecule has 3 fully saturated rings. The third kappa shape index (κ3) is 4.65. The summed E-state index contributed by atoms with van der Waals surface area (Å²) in [7, 11) is 5.33. The summed E-state index contributed by atoms with van der Waals surface area (Å²) >= 11 is 0. The zero-order chi connectivity index (χ0) is 24.5. The van der Waals surface area contributed by atoms with Crippen molar-refractivity contribution in [2.24, 2.45) is 13.0 Å². The molecule has 4 heterocycles. The number of ether oxygens (including phenoxy) is 2. The lowest BCUT2D eigenvalue weighted by Crippen LogP contribution is -2.56. The van der Waals surface area contributed by atoms with E-state index in [0.29, 0.717) is 35.9 Å². The smallest absolute Gasteiger partial charge is 0.251 e. The SMILES string of the molecule is COc1ccc(-c2cc([C@H]3CN4CC[C@@H]3C[C@@H]4CNC(=O)c3ccc(C)cc3)n(C)n2)cc1OC. The second-order valence-corrected chi connectivity index (χ2v) is 9.76. The fraction of sp³-hybridized carbons (Fsp3) is 0.429. The van der Waals surface area contributed by atoms with Crippen molar-refractivity contribution in [3.63, 3.8) is 0 Å². The summed E-state index contributed by atoms with van der Waals surface area (Å²) in [5.41, 5.74) is 5.12. The third-order valence-electron chi connectivity index (χ3n) is 7.67. The lowest BCUT2D eigenvalue weighted by atomic mass is 9.74. The number of rotatable bonds is 7. The van der Waals surface area contributed by atoms with Crippen LogP contribution in [0.1, 0.15) is 40.4 Å². The van der Waals surface area contributed by atoms with Crippen LogP contribution in [0, 0.1) is 12.8 Å². The summed E-state index contributed by atoms with van der Waals surface area (Å²) in [4.78, 5) is 15.1. The van der Waals surface area contributed by atoms with E-state index >= 15 is 0 Å². The molecule has 4 atom stereocenters. The number of carbonyl (C=O) groups excluding carboxylic acids is 1. The quantitative estimate of drug-likeness (QED) is 0.560. The predicted octanol–water partition coefficient (Wildman–Crippen LogP) is 4.02. The van der Waals surface area contributed by atoms with Gasteiger partial charge < -0.3 is 14.8 Å². The van der Waals surface area contributed by atoms with Gasteiger partial charge in [-0.2, -0.15) is 5.10 Å². The molecule has 1 unspecified atom stereocenters. The summed E-state index contributed by atoms with van der Waals surface area (Å²) in [5.74, 6) is 2.46. The first-order chi connectivity index (χ1) is 17.0. The van der Waals surface area contributed by atoms with Gasteiger partial charge in [-0.3, -0.25) is 14.4 Å². The van der Waals surface area contributed by atoms with E-state index in [0.717, 1.165) is 41.9 Å². The molecule has 3 saturated heterocycles. The molecular weight excluding hydrogens is 440 g/mol. The van der Waals surface area contributed by atoms with Crippen LogP contribution in [0.5, 0.6) is 11.5 Å². The minimum absolute atomic E-state index is 0.00962. The summed E-state index contributed by atoms with van der Waals surface area (Å²) in [6.45, 7) is 4.81. The van der Waals surface area contributed by atoms with Gasteiger partial charge in [0, 0.05) is 48.9 Å². The average molecular weight is 475 g/mol. The third-order valence-corrected chi connectivity index (χ3v) is 7.67. The van der Waals surface area contributed by atoms with Gasteiger partial charge >= 0.3 is 0 Å². The Morgan fingerprint density at radius 3 is 2.54 bits per heavy atom. The Morgan fingerprint density at radius 2 is 1.86 bits per heavy atom. The van der Waals surface area contributed by atoms with Gasteiger partial charge in [-0.05, 0) is 68.6 Å². The van der Waals surface area contributed by atoms with Crippen LogP contribution in [0.3, 0.4) is 0 Å². The number of hydrogen-bond donors (Lipinski definition) is 1. The number of nitrogens with zero attached hydrogens (tertiary/aromatic N) is 3. The Bertz CT molecular complexity index is 1200. The molecule has 2 aromatic carbocycles. The molecule has 0 saturated carbocycles. The van der Waals surface area contributed by atoms with Crippen LogP contribution in [-0.2, 0) is 7.05 Å². The normalized spacial score (nSPS) is 23.2. The molecule has 1 N–H and O–H groups in total. The van der Waals surface area contributed by atoms with Crippen LogP contribution < -0.4 is 14.8 Å². The number of nitrogens with one attached hydrogen (secondary N) is 1. The topological polar surface area (TPSA) is 68.6 Å². The fourth-order valence-corrected chi connectivity index (χ4v) is 5.67. The number of amides is 1. The first-order valence-electron chi connectivity index (χ1n) is 12.3. The molecule has 2 bridgehead atoms. The molecule has 35 heavy (non-hydrogen) atoms. The van der Waals surface area contributed by atoms with Crippen molar-refractivity contribution in [2.45, 2.75) is 31.7 Å². The first-order valence-corrected chi connectivity index (χ1v) is 12.3. The molecule has 3 aromatic rings. The Kier molecular flexibility index (Phi) is 6.52. The van der Waals surface area contributed by atoms with Crippen LogP contribution in [0.2, 0.25) is 0 Å². The van der Waals surface area contributed by atoms with Crippen LogP contribution in [0.15, 0.2) is 48.5 Å². The van der Waals surface area contributed by atoms with Crippen LogP contribution in [0.25, 0.3) is 11.3 Å². The molecule has 3 aliphatic rings. The lowest BCUT2D eigenvalue weighted by Gasteiger charge is -2.50. The van der Waals surface area contributed by atoms with Crippen molar-refractivity contribution in [1.82, 2.24) is 20.0 Å². The van der Waals surface area contributed by atoms with Crippen molar-refractivity contribution in [3.05, 3.63) is 65.4 Å². The number of aryl methyl sites for hydroxylation is 2. The van der Waals surface area contributed by atoms with E-state index in [4.69, 9.17) is 14.6 Å². The number of benzene rings is 2. The summed E-state index contributed by atoms with van der Waals surface area (Å²) in [5, 5.41) is 8.00. The molecule has 184 valence electrons. The largest absolute Gasteiger partial charge is 0.493 e. The van der Waals surface area contributed by atoms with Crippen molar-refractivity contribution in [1.29, 1.82) is 0 Å². The second kappa shape index (κ2) is 9.74. The summed E-state index contributed by atoms with van der Waals surface area (Å²) < 4.78 is 12.9. The van der Waals surface area contributed by atoms with Gasteiger partial charge in [0.2, 0.25) is 0 Å². The number of piperidine rings is 3. The van der Waals surface area contributed by atoms with E-state index in [1.165, 1.54) is 12.1 Å². The first kappa shape index (κ1) is 23.4. The molecule has 0 radical (unpaired) electrons. The Labute approximate surface area is 207 Å². The van der Waals surface area contributed by atoms with Crippen LogP contribution in [-0.4, -0.2) is 60.5 Å². The number of methoxy groups -OCH3 is 2. The zero-order valence-electron chi connectivity index (χ0n) is 21.0. The van der Waals surface area contributed by atoms with Gasteiger partial charge in [0.05, 0.1) is 19.9 Å². The van der Waals surface area contributed by atoms with Gasteiger partial charge in [-0.1, -0.05) is 17.7 Å². The number of hydrogen-bond acceptors (Lipinski definition) is 5. The van der Waals surface area contributed by atoms with Gasteiger partial charge in [-0.25, -0.2) is 0 Å². The van der Waals surface area contributed by atoms with Gasteiger partial charge in [-0.15, -0.1) is 0 Å². The highest BCUT2D eigenvalue weighted by Gasteiger charge is 2.41.